The number of hydrogen-bond donors (Lipinski definition) is 2. The quantitative estimate of drug-likeness (QED) is 0.867. The second-order valence-corrected chi connectivity index (χ2v) is 5.91. The molecule has 1 aliphatic rings. The largest absolute Gasteiger partial charge is 0.388 e. The Morgan fingerprint density at radius 3 is 2.89 bits per heavy atom. The maximum atomic E-state index is 11.9. The predicted molar refractivity (Wildman–Crippen MR) is 72.8 cm³/mol. The lowest BCUT2D eigenvalue weighted by atomic mass is 9.97. The van der Waals surface area contributed by atoms with E-state index in [1.807, 2.05) is 30.8 Å². The smallest absolute Gasteiger partial charge is 0.269 e. The van der Waals surface area contributed by atoms with Gasteiger partial charge >= 0.3 is 0 Å². The average Bonchev–Trinajstić information content (AvgIpc) is 2.37. The van der Waals surface area contributed by atoms with Crippen LogP contribution in [0.3, 0.4) is 0 Å². The summed E-state index contributed by atoms with van der Waals surface area (Å²) in [6.45, 7) is 2.16. The van der Waals surface area contributed by atoms with E-state index in [-0.39, 0.29) is 5.91 Å². The number of nitrogens with one attached hydrogen (secondary N) is 1. The minimum Gasteiger partial charge on any atom is -0.388 e. The second-order valence-electron chi connectivity index (χ2n) is 4.68. The van der Waals surface area contributed by atoms with Crippen LogP contribution < -0.4 is 5.32 Å². The molecule has 2 heterocycles. The van der Waals surface area contributed by atoms with Crippen LogP contribution in [-0.4, -0.2) is 39.6 Å². The van der Waals surface area contributed by atoms with Crippen LogP contribution in [0.4, 0.5) is 0 Å². The first kappa shape index (κ1) is 13.4. The van der Waals surface area contributed by atoms with Gasteiger partial charge in [0.1, 0.15) is 5.69 Å². The Morgan fingerprint density at radius 1 is 1.50 bits per heavy atom. The molecule has 4 nitrogen and oxygen atoms in total. The Balaban J connectivity index is 1.92. The molecular formula is C13H18N2O2S. The third kappa shape index (κ3) is 3.46. The monoisotopic (exact) mass is 266 g/mol. The fourth-order valence-corrected chi connectivity index (χ4v) is 3.19. The van der Waals surface area contributed by atoms with E-state index in [0.29, 0.717) is 12.2 Å². The maximum absolute atomic E-state index is 11.9. The predicted octanol–water partition coefficient (Wildman–Crippen LogP) is 1.38. The van der Waals surface area contributed by atoms with E-state index < -0.39 is 5.60 Å². The first-order valence-electron chi connectivity index (χ1n) is 6.11. The van der Waals surface area contributed by atoms with Crippen LogP contribution in [-0.2, 0) is 0 Å². The number of aromatic nitrogens is 1. The van der Waals surface area contributed by atoms with E-state index in [0.717, 1.165) is 30.0 Å². The van der Waals surface area contributed by atoms with Crippen molar-refractivity contribution in [2.75, 3.05) is 18.1 Å². The molecule has 0 unspecified atom stereocenters. The molecule has 0 spiro atoms. The zero-order valence-electron chi connectivity index (χ0n) is 10.5. The van der Waals surface area contributed by atoms with Gasteiger partial charge in [-0.05, 0) is 43.4 Å². The molecule has 1 saturated heterocycles. The molecule has 2 rings (SSSR count). The molecule has 1 fully saturated rings. The van der Waals surface area contributed by atoms with Gasteiger partial charge in [-0.15, -0.1) is 0 Å². The molecule has 1 aromatic rings. The van der Waals surface area contributed by atoms with Gasteiger partial charge in [0.15, 0.2) is 0 Å². The Bertz CT molecular complexity index is 431. The fraction of sp³-hybridized carbons (Fsp3) is 0.538. The molecule has 98 valence electrons. The van der Waals surface area contributed by atoms with E-state index in [9.17, 15) is 9.90 Å². The molecule has 18 heavy (non-hydrogen) atoms. The van der Waals surface area contributed by atoms with Crippen LogP contribution in [0.5, 0.6) is 0 Å². The molecular weight excluding hydrogens is 248 g/mol. The lowest BCUT2D eigenvalue weighted by Crippen LogP contribution is -2.45. The van der Waals surface area contributed by atoms with Crippen molar-refractivity contribution < 1.29 is 9.90 Å². The number of carbonyl (C=O) groups excluding carboxylic acids is 1. The number of hydrogen-bond acceptors (Lipinski definition) is 4. The number of nitrogens with zero attached hydrogens (tertiary/aromatic N) is 1. The first-order valence-corrected chi connectivity index (χ1v) is 7.27. The summed E-state index contributed by atoms with van der Waals surface area (Å²) in [6.07, 6.45) is 1.47. The van der Waals surface area contributed by atoms with Gasteiger partial charge in [0, 0.05) is 12.2 Å². The maximum Gasteiger partial charge on any atom is 0.269 e. The number of pyridine rings is 1. The second kappa shape index (κ2) is 5.71. The van der Waals surface area contributed by atoms with Crippen LogP contribution >= 0.6 is 11.8 Å². The highest BCUT2D eigenvalue weighted by molar-refractivity contribution is 7.99. The third-order valence-corrected chi connectivity index (χ3v) is 4.11. The average molecular weight is 266 g/mol. The standard InChI is InChI=1S/C13H18N2O2S/c1-10-3-2-4-11(15-10)12(16)14-9-13(17)5-7-18-8-6-13/h2-4,17H,5-9H2,1H3,(H,14,16). The summed E-state index contributed by atoms with van der Waals surface area (Å²) in [4.78, 5) is 16.1. The molecule has 0 saturated carbocycles. The van der Waals surface area contributed by atoms with Crippen molar-refractivity contribution in [2.45, 2.75) is 25.4 Å². The molecule has 0 aromatic carbocycles. The van der Waals surface area contributed by atoms with E-state index in [2.05, 4.69) is 10.3 Å². The van der Waals surface area contributed by atoms with Crippen LogP contribution in [0.25, 0.3) is 0 Å². The van der Waals surface area contributed by atoms with Gasteiger partial charge in [0.25, 0.3) is 5.91 Å². The number of rotatable bonds is 3. The Kier molecular flexibility index (Phi) is 4.24. The Hall–Kier alpha value is -1.07. The zero-order valence-corrected chi connectivity index (χ0v) is 11.3. The normalized spacial score (nSPS) is 18.3. The van der Waals surface area contributed by atoms with Crippen molar-refractivity contribution in [1.82, 2.24) is 10.3 Å². The summed E-state index contributed by atoms with van der Waals surface area (Å²) < 4.78 is 0. The summed E-state index contributed by atoms with van der Waals surface area (Å²) in [7, 11) is 0. The molecule has 0 bridgehead atoms. The number of thioether (sulfide) groups is 1. The molecule has 2 N–H and O–H groups in total. The van der Waals surface area contributed by atoms with Gasteiger partial charge in [-0.2, -0.15) is 11.8 Å². The van der Waals surface area contributed by atoms with Gasteiger partial charge in [-0.3, -0.25) is 4.79 Å². The zero-order chi connectivity index (χ0) is 13.0. The molecule has 1 amide bonds. The van der Waals surface area contributed by atoms with Crippen molar-refractivity contribution in [1.29, 1.82) is 0 Å². The summed E-state index contributed by atoms with van der Waals surface area (Å²) >= 11 is 1.84. The fourth-order valence-electron chi connectivity index (χ4n) is 1.93. The van der Waals surface area contributed by atoms with E-state index in [1.54, 1.807) is 6.07 Å². The highest BCUT2D eigenvalue weighted by atomic mass is 32.2. The van der Waals surface area contributed by atoms with Crippen LogP contribution in [0.2, 0.25) is 0 Å². The lowest BCUT2D eigenvalue weighted by molar-refractivity contribution is 0.0310. The van der Waals surface area contributed by atoms with Crippen LogP contribution in [0.1, 0.15) is 29.0 Å². The number of aliphatic hydroxyl groups is 1. The van der Waals surface area contributed by atoms with E-state index in [4.69, 9.17) is 0 Å². The summed E-state index contributed by atoms with van der Waals surface area (Å²) in [5.74, 6) is 1.69. The first-order chi connectivity index (χ1) is 8.59. The van der Waals surface area contributed by atoms with Gasteiger partial charge in [0.05, 0.1) is 5.60 Å². The minimum atomic E-state index is -0.745. The molecule has 0 atom stereocenters. The summed E-state index contributed by atoms with van der Waals surface area (Å²) in [5, 5.41) is 13.0. The van der Waals surface area contributed by atoms with E-state index in [1.165, 1.54) is 0 Å². The minimum absolute atomic E-state index is 0.217. The van der Waals surface area contributed by atoms with Gasteiger partial charge in [0.2, 0.25) is 0 Å². The van der Waals surface area contributed by atoms with Gasteiger partial charge < -0.3 is 10.4 Å². The summed E-state index contributed by atoms with van der Waals surface area (Å²) in [6, 6.07) is 5.34. The number of amides is 1. The van der Waals surface area contributed by atoms with Crippen LogP contribution in [0.15, 0.2) is 18.2 Å². The third-order valence-electron chi connectivity index (χ3n) is 3.12. The number of aryl methyl sites for hydroxylation is 1. The van der Waals surface area contributed by atoms with Crippen LogP contribution in [0, 0.1) is 6.92 Å². The highest BCUT2D eigenvalue weighted by Crippen LogP contribution is 2.26. The van der Waals surface area contributed by atoms with Crippen molar-refractivity contribution in [2.24, 2.45) is 0 Å². The van der Waals surface area contributed by atoms with Crippen molar-refractivity contribution in [3.05, 3.63) is 29.6 Å². The lowest BCUT2D eigenvalue weighted by Gasteiger charge is -2.31. The number of carbonyl (C=O) groups is 1. The molecule has 1 aromatic heterocycles. The molecule has 1 aliphatic heterocycles. The van der Waals surface area contributed by atoms with Gasteiger partial charge in [-0.25, -0.2) is 4.98 Å². The highest BCUT2D eigenvalue weighted by Gasteiger charge is 2.29. The van der Waals surface area contributed by atoms with E-state index >= 15 is 0 Å². The topological polar surface area (TPSA) is 62.2 Å². The Morgan fingerprint density at radius 2 is 2.22 bits per heavy atom. The van der Waals surface area contributed by atoms with Gasteiger partial charge in [-0.1, -0.05) is 6.07 Å². The SMILES string of the molecule is Cc1cccc(C(=O)NCC2(O)CCSCC2)n1. The molecule has 0 aliphatic carbocycles. The summed E-state index contributed by atoms with van der Waals surface area (Å²) in [5.41, 5.74) is 0.476. The Labute approximate surface area is 111 Å². The molecule has 0 radical (unpaired) electrons. The molecule has 5 heteroatoms. The van der Waals surface area contributed by atoms with Crippen molar-refractivity contribution >= 4 is 17.7 Å². The van der Waals surface area contributed by atoms with Crippen molar-refractivity contribution in [3.8, 4) is 0 Å². The van der Waals surface area contributed by atoms with Crippen molar-refractivity contribution in [3.63, 3.8) is 0 Å².